The zero-order chi connectivity index (χ0) is 28.6. The van der Waals surface area contributed by atoms with Gasteiger partial charge in [-0.25, -0.2) is 15.1 Å². The molecule has 4 rings (SSSR count). The third-order valence-corrected chi connectivity index (χ3v) is 6.06. The van der Waals surface area contributed by atoms with E-state index in [0.717, 1.165) is 10.9 Å². The number of anilines is 1. The number of carbonyl (C=O) groups is 1. The molecule has 0 atom stereocenters. The van der Waals surface area contributed by atoms with Gasteiger partial charge < -0.3 is 14.5 Å². The zero-order valence-corrected chi connectivity index (χ0v) is 20.8. The molecule has 11 nitrogen and oxygen atoms in total. The van der Waals surface area contributed by atoms with Crippen molar-refractivity contribution in [3.05, 3.63) is 40.2 Å². The minimum absolute atomic E-state index is 0.00487. The average Bonchev–Trinajstić information content (AvgIpc) is 3.23. The SMILES string of the molecule is BC(B)(Cn1nc(C(F)(F)F)c2c(=O)[nH]ncc21)OCCC(=O)N1CCN(c2ncc(C(F)(F)F)cn2)CC1. The Morgan fingerprint density at radius 2 is 1.64 bits per heavy atom. The van der Waals surface area contributed by atoms with Crippen molar-refractivity contribution in [3.8, 4) is 0 Å². The Morgan fingerprint density at radius 3 is 2.23 bits per heavy atom. The van der Waals surface area contributed by atoms with Crippen LogP contribution < -0.4 is 10.5 Å². The van der Waals surface area contributed by atoms with Gasteiger partial charge in [0.2, 0.25) is 11.9 Å². The fourth-order valence-electron chi connectivity index (χ4n) is 4.12. The first-order valence-electron chi connectivity index (χ1n) is 11.7. The monoisotopic (exact) mass is 558 g/mol. The van der Waals surface area contributed by atoms with Crippen LogP contribution in [0.25, 0.3) is 10.9 Å². The number of aromatic nitrogens is 6. The molecule has 0 radical (unpaired) electrons. The molecule has 1 aliphatic heterocycles. The van der Waals surface area contributed by atoms with Crippen molar-refractivity contribution >= 4 is 38.5 Å². The molecule has 1 amide bonds. The first-order valence-corrected chi connectivity index (χ1v) is 11.7. The van der Waals surface area contributed by atoms with Gasteiger partial charge in [-0.2, -0.15) is 36.5 Å². The summed E-state index contributed by atoms with van der Waals surface area (Å²) < 4.78 is 85.1. The number of amides is 1. The summed E-state index contributed by atoms with van der Waals surface area (Å²) >= 11 is 0. The van der Waals surface area contributed by atoms with Crippen LogP contribution in [0.5, 0.6) is 0 Å². The van der Waals surface area contributed by atoms with E-state index in [0.29, 0.717) is 38.6 Å². The number of aromatic amines is 1. The molecular formula is C20H22B2F6N8O3. The van der Waals surface area contributed by atoms with Crippen LogP contribution in [-0.2, 0) is 28.4 Å². The number of hydrogen-bond acceptors (Lipinski definition) is 8. The first-order chi connectivity index (χ1) is 18.2. The molecule has 1 N–H and O–H groups in total. The fraction of sp³-hybridized carbons (Fsp3) is 0.500. The fourth-order valence-corrected chi connectivity index (χ4v) is 4.12. The van der Waals surface area contributed by atoms with E-state index >= 15 is 0 Å². The van der Waals surface area contributed by atoms with Crippen LogP contribution in [0.3, 0.4) is 0 Å². The molecule has 4 heterocycles. The molecule has 3 aromatic rings. The largest absolute Gasteiger partial charge is 0.435 e. The number of piperazine rings is 1. The molecule has 0 aromatic carbocycles. The minimum Gasteiger partial charge on any atom is -0.390 e. The van der Waals surface area contributed by atoms with Crippen molar-refractivity contribution < 1.29 is 35.9 Å². The van der Waals surface area contributed by atoms with Gasteiger partial charge in [-0.1, -0.05) is 0 Å². The second-order valence-corrected chi connectivity index (χ2v) is 9.46. The van der Waals surface area contributed by atoms with Gasteiger partial charge in [0, 0.05) is 44.0 Å². The van der Waals surface area contributed by atoms with E-state index in [1.165, 1.54) is 0 Å². The van der Waals surface area contributed by atoms with E-state index in [4.69, 9.17) is 4.74 Å². The number of nitrogens with zero attached hydrogens (tertiary/aromatic N) is 7. The van der Waals surface area contributed by atoms with E-state index in [-0.39, 0.29) is 36.9 Å². The van der Waals surface area contributed by atoms with Crippen LogP contribution in [0.4, 0.5) is 32.3 Å². The summed E-state index contributed by atoms with van der Waals surface area (Å²) in [6, 6.07) is 0. The van der Waals surface area contributed by atoms with E-state index in [9.17, 15) is 35.9 Å². The predicted molar refractivity (Wildman–Crippen MR) is 129 cm³/mol. The normalized spacial score (nSPS) is 15.2. The van der Waals surface area contributed by atoms with Gasteiger partial charge in [-0.3, -0.25) is 14.3 Å². The minimum atomic E-state index is -4.85. The summed E-state index contributed by atoms with van der Waals surface area (Å²) in [7, 11) is 3.23. The summed E-state index contributed by atoms with van der Waals surface area (Å²) in [4.78, 5) is 35.4. The van der Waals surface area contributed by atoms with Crippen molar-refractivity contribution in [2.75, 3.05) is 37.7 Å². The molecule has 3 aromatic heterocycles. The van der Waals surface area contributed by atoms with Crippen molar-refractivity contribution in [1.29, 1.82) is 0 Å². The van der Waals surface area contributed by atoms with Crippen LogP contribution in [0.1, 0.15) is 17.7 Å². The molecule has 0 saturated carbocycles. The summed E-state index contributed by atoms with van der Waals surface area (Å²) in [6.07, 6.45) is -6.89. The quantitative estimate of drug-likeness (QED) is 0.308. The maximum Gasteiger partial charge on any atom is 0.435 e. The summed E-state index contributed by atoms with van der Waals surface area (Å²) in [5, 5.41) is 7.44. The van der Waals surface area contributed by atoms with Crippen LogP contribution in [0.15, 0.2) is 23.4 Å². The number of hydrogen-bond donors (Lipinski definition) is 1. The Morgan fingerprint density at radius 1 is 1.00 bits per heavy atom. The summed E-state index contributed by atoms with van der Waals surface area (Å²) in [6.45, 7) is 1.07. The second-order valence-electron chi connectivity index (χ2n) is 9.46. The Balaban J connectivity index is 1.30. The van der Waals surface area contributed by atoms with Crippen molar-refractivity contribution in [2.45, 2.75) is 30.7 Å². The molecule has 39 heavy (non-hydrogen) atoms. The number of fused-ring (bicyclic) bond motifs is 1. The molecule has 1 saturated heterocycles. The second kappa shape index (κ2) is 10.5. The molecular weight excluding hydrogens is 536 g/mol. The lowest BCUT2D eigenvalue weighted by Crippen LogP contribution is -2.49. The Labute approximate surface area is 218 Å². The number of carbonyl (C=O) groups excluding carboxylic acids is 1. The van der Waals surface area contributed by atoms with Gasteiger partial charge in [-0.05, 0) is 0 Å². The van der Waals surface area contributed by atoms with Gasteiger partial charge in [0.1, 0.15) is 21.1 Å². The lowest BCUT2D eigenvalue weighted by Gasteiger charge is -2.35. The lowest BCUT2D eigenvalue weighted by molar-refractivity contribution is -0.140. The molecule has 208 valence electrons. The topological polar surface area (TPSA) is 122 Å². The summed E-state index contributed by atoms with van der Waals surface area (Å²) in [5.74, 6) is -0.0874. The number of H-pyrrole nitrogens is 1. The molecule has 0 bridgehead atoms. The third-order valence-electron chi connectivity index (χ3n) is 6.06. The maximum atomic E-state index is 13.4. The number of alkyl halides is 6. The zero-order valence-electron chi connectivity index (χ0n) is 20.8. The van der Waals surface area contributed by atoms with Crippen molar-refractivity contribution in [3.63, 3.8) is 0 Å². The van der Waals surface area contributed by atoms with Gasteiger partial charge in [0.05, 0.1) is 36.8 Å². The Bertz CT molecular complexity index is 1390. The number of rotatable bonds is 7. The Hall–Kier alpha value is -3.63. The number of nitrogens with one attached hydrogen (secondary N) is 1. The van der Waals surface area contributed by atoms with Crippen LogP contribution >= 0.6 is 0 Å². The number of ether oxygens (including phenoxy) is 1. The Kier molecular flexibility index (Phi) is 7.64. The standard InChI is InChI=1S/C20H22B2F6N8O3/c21-18(22,10-36-12-9-31-32-16(38)14(12)15(33-36)20(26,27)28)39-6-1-13(37)34-2-4-35(5-3-34)17-29-7-11(8-30-17)19(23,24)25/h7-9H,1-6,10,21-22H2,(H,32,38). The molecule has 0 aliphatic carbocycles. The highest BCUT2D eigenvalue weighted by atomic mass is 19.4. The van der Waals surface area contributed by atoms with Crippen LogP contribution in [0, 0.1) is 0 Å². The van der Waals surface area contributed by atoms with Crippen molar-refractivity contribution in [2.24, 2.45) is 0 Å². The highest BCUT2D eigenvalue weighted by Crippen LogP contribution is 2.32. The first kappa shape index (κ1) is 28.4. The molecule has 19 heteroatoms. The van der Waals surface area contributed by atoms with Gasteiger partial charge in [-0.15, -0.1) is 0 Å². The van der Waals surface area contributed by atoms with Gasteiger partial charge >= 0.3 is 12.4 Å². The molecule has 1 aliphatic rings. The lowest BCUT2D eigenvalue weighted by atomic mass is 9.65. The third kappa shape index (κ3) is 6.51. The van der Waals surface area contributed by atoms with Crippen molar-refractivity contribution in [1.82, 2.24) is 34.8 Å². The smallest absolute Gasteiger partial charge is 0.390 e. The highest BCUT2D eigenvalue weighted by molar-refractivity contribution is 6.39. The predicted octanol–water partition coefficient (Wildman–Crippen LogP) is -0.377. The number of halogens is 6. The van der Waals surface area contributed by atoms with Gasteiger partial charge in [0.25, 0.3) is 5.56 Å². The highest BCUT2D eigenvalue weighted by Gasteiger charge is 2.39. The molecule has 0 unspecified atom stereocenters. The van der Waals surface area contributed by atoms with Gasteiger partial charge in [0.15, 0.2) is 5.69 Å². The molecule has 1 fully saturated rings. The summed E-state index contributed by atoms with van der Waals surface area (Å²) in [5.41, 5.74) is -3.39. The molecule has 0 spiro atoms. The average molecular weight is 558 g/mol. The van der Waals surface area contributed by atoms with E-state index in [2.05, 4.69) is 20.2 Å². The van der Waals surface area contributed by atoms with E-state index in [1.807, 2.05) is 5.10 Å². The van der Waals surface area contributed by atoms with Crippen LogP contribution in [0.2, 0.25) is 0 Å². The maximum absolute atomic E-state index is 13.4. The van der Waals surface area contributed by atoms with E-state index < -0.39 is 40.0 Å². The van der Waals surface area contributed by atoms with E-state index in [1.54, 1.807) is 25.5 Å². The van der Waals surface area contributed by atoms with Crippen LogP contribution in [-0.4, -0.2) is 94.6 Å².